The van der Waals surface area contributed by atoms with Gasteiger partial charge in [-0.05, 0) is 36.8 Å². The number of rotatable bonds is 4. The molecule has 2 rings (SSSR count). The van der Waals surface area contributed by atoms with E-state index in [-0.39, 0.29) is 23.6 Å². The number of nitrogens with one attached hydrogen (secondary N) is 2. The molecule has 0 bridgehead atoms. The van der Waals surface area contributed by atoms with Crippen molar-refractivity contribution < 1.29 is 26.3 Å². The summed E-state index contributed by atoms with van der Waals surface area (Å²) < 4.78 is 78.8. The fourth-order valence-corrected chi connectivity index (χ4v) is 3.86. The first-order valence-electron chi connectivity index (χ1n) is 8.39. The zero-order chi connectivity index (χ0) is 21.2. The van der Waals surface area contributed by atoms with Gasteiger partial charge in [0, 0.05) is 0 Å². The van der Waals surface area contributed by atoms with Gasteiger partial charge in [0.15, 0.2) is 0 Å². The van der Waals surface area contributed by atoms with E-state index in [9.17, 15) is 26.3 Å². The Labute approximate surface area is 162 Å². The fraction of sp³-hybridized carbons (Fsp3) is 0.529. The molecule has 1 saturated heterocycles. The summed E-state index contributed by atoms with van der Waals surface area (Å²) in [7, 11) is 0. The number of nitriles is 1. The molecule has 1 aliphatic rings. The SMILES string of the molecule is CCSC(=Nc1ccc(C#N)c(C(F)(F)F)c1)C1(CC)CC(C(F)(F)F)NN1. The molecule has 11 heteroatoms. The maximum atomic E-state index is 13.2. The number of benzene rings is 1. The molecule has 0 radical (unpaired) electrons. The van der Waals surface area contributed by atoms with Gasteiger partial charge in [0.25, 0.3) is 0 Å². The summed E-state index contributed by atoms with van der Waals surface area (Å²) >= 11 is 1.16. The van der Waals surface area contributed by atoms with Gasteiger partial charge < -0.3 is 0 Å². The highest BCUT2D eigenvalue weighted by molar-refractivity contribution is 8.14. The Kier molecular flexibility index (Phi) is 6.68. The third-order valence-corrected chi connectivity index (χ3v) is 5.43. The van der Waals surface area contributed by atoms with Gasteiger partial charge in [-0.3, -0.25) is 0 Å². The van der Waals surface area contributed by atoms with Crippen LogP contribution in [-0.2, 0) is 6.18 Å². The van der Waals surface area contributed by atoms with Crippen molar-refractivity contribution in [3.63, 3.8) is 0 Å². The second-order valence-corrected chi connectivity index (χ2v) is 7.45. The maximum absolute atomic E-state index is 13.2. The first-order chi connectivity index (χ1) is 13.0. The van der Waals surface area contributed by atoms with E-state index in [1.807, 2.05) is 0 Å². The summed E-state index contributed by atoms with van der Waals surface area (Å²) in [4.78, 5) is 4.24. The van der Waals surface area contributed by atoms with Gasteiger partial charge in [0.1, 0.15) is 6.04 Å². The van der Waals surface area contributed by atoms with E-state index >= 15 is 0 Å². The summed E-state index contributed by atoms with van der Waals surface area (Å²) in [5.41, 5.74) is 1.97. The lowest BCUT2D eigenvalue weighted by atomic mass is 9.92. The lowest BCUT2D eigenvalue weighted by Gasteiger charge is -2.29. The van der Waals surface area contributed by atoms with Crippen LogP contribution in [0.1, 0.15) is 37.8 Å². The van der Waals surface area contributed by atoms with Crippen molar-refractivity contribution in [1.82, 2.24) is 10.9 Å². The maximum Gasteiger partial charge on any atom is 0.417 e. The Morgan fingerprint density at radius 1 is 1.29 bits per heavy atom. The average molecular weight is 424 g/mol. The standard InChI is InChI=1S/C17H18F6N4S/c1-3-15(8-13(26-27-15)17(21,22)23)14(28-4-2)25-11-6-5-10(9-24)12(7-11)16(18,19)20/h5-7,13,26-27H,3-4,8H2,1-2H3. The zero-order valence-corrected chi connectivity index (χ0v) is 15.8. The molecule has 1 aromatic rings. The number of thioether (sulfide) groups is 1. The number of hydrogen-bond donors (Lipinski definition) is 2. The molecule has 154 valence electrons. The summed E-state index contributed by atoms with van der Waals surface area (Å²) in [6.45, 7) is 3.45. The van der Waals surface area contributed by atoms with Crippen LogP contribution in [0.25, 0.3) is 0 Å². The molecular formula is C17H18F6N4S. The summed E-state index contributed by atoms with van der Waals surface area (Å²) in [6, 6.07) is 2.69. The lowest BCUT2D eigenvalue weighted by Crippen LogP contribution is -2.49. The van der Waals surface area contributed by atoms with Crippen molar-refractivity contribution in [3.05, 3.63) is 29.3 Å². The van der Waals surface area contributed by atoms with E-state index in [4.69, 9.17) is 5.26 Å². The zero-order valence-electron chi connectivity index (χ0n) is 15.0. The first kappa shape index (κ1) is 22.5. The van der Waals surface area contributed by atoms with Crippen molar-refractivity contribution in [3.8, 4) is 6.07 Å². The molecule has 0 aromatic heterocycles. The number of nitrogens with zero attached hydrogens (tertiary/aromatic N) is 2. The highest BCUT2D eigenvalue weighted by Gasteiger charge is 2.52. The van der Waals surface area contributed by atoms with Gasteiger partial charge >= 0.3 is 12.4 Å². The van der Waals surface area contributed by atoms with Crippen LogP contribution in [-0.4, -0.2) is 28.6 Å². The van der Waals surface area contributed by atoms with Gasteiger partial charge in [-0.25, -0.2) is 15.8 Å². The van der Waals surface area contributed by atoms with Crippen molar-refractivity contribution in [2.24, 2.45) is 4.99 Å². The number of halogens is 6. The number of aliphatic imine (C=N–C) groups is 1. The van der Waals surface area contributed by atoms with Crippen LogP contribution < -0.4 is 10.9 Å². The molecule has 0 amide bonds. The normalized spacial score (nSPS) is 23.7. The fourth-order valence-electron chi connectivity index (χ4n) is 2.86. The Balaban J connectivity index is 2.49. The molecule has 1 heterocycles. The minimum Gasteiger partial charge on any atom is -0.245 e. The van der Waals surface area contributed by atoms with E-state index in [2.05, 4.69) is 15.8 Å². The summed E-state index contributed by atoms with van der Waals surface area (Å²) in [5, 5.41) is 9.14. The molecule has 0 saturated carbocycles. The highest BCUT2D eigenvalue weighted by Crippen LogP contribution is 2.38. The molecule has 1 aromatic carbocycles. The lowest BCUT2D eigenvalue weighted by molar-refractivity contribution is -0.153. The molecule has 0 spiro atoms. The Morgan fingerprint density at radius 2 is 1.96 bits per heavy atom. The topological polar surface area (TPSA) is 60.2 Å². The average Bonchev–Trinajstić information content (AvgIpc) is 3.07. The molecule has 28 heavy (non-hydrogen) atoms. The van der Waals surface area contributed by atoms with Crippen LogP contribution in [0.5, 0.6) is 0 Å². The van der Waals surface area contributed by atoms with Crippen LogP contribution in [0.15, 0.2) is 23.2 Å². The quantitative estimate of drug-likeness (QED) is 0.409. The number of hydrogen-bond acceptors (Lipinski definition) is 5. The van der Waals surface area contributed by atoms with Crippen molar-refractivity contribution in [1.29, 1.82) is 5.26 Å². The highest BCUT2D eigenvalue weighted by atomic mass is 32.2. The smallest absolute Gasteiger partial charge is 0.245 e. The van der Waals surface area contributed by atoms with E-state index < -0.39 is 35.1 Å². The Bertz CT molecular complexity index is 783. The summed E-state index contributed by atoms with van der Waals surface area (Å²) in [5.74, 6) is 0.474. The molecule has 2 N–H and O–H groups in total. The van der Waals surface area contributed by atoms with Gasteiger partial charge in [0.05, 0.1) is 33.5 Å². The van der Waals surface area contributed by atoms with Crippen LogP contribution in [0.4, 0.5) is 32.0 Å². The molecular weight excluding hydrogens is 406 g/mol. The van der Waals surface area contributed by atoms with Crippen molar-refractivity contribution >= 4 is 22.5 Å². The second-order valence-electron chi connectivity index (χ2n) is 6.19. The molecule has 2 unspecified atom stereocenters. The minimum absolute atomic E-state index is 0.0765. The van der Waals surface area contributed by atoms with Crippen LogP contribution in [0, 0.1) is 11.3 Å². The minimum atomic E-state index is -4.74. The summed E-state index contributed by atoms with van der Waals surface area (Å²) in [6.07, 6.45) is -9.29. The molecule has 1 aliphatic heterocycles. The molecule has 1 fully saturated rings. The van der Waals surface area contributed by atoms with Crippen LogP contribution in [0.2, 0.25) is 0 Å². The Hall–Kier alpha value is -1.77. The predicted molar refractivity (Wildman–Crippen MR) is 95.1 cm³/mol. The van der Waals surface area contributed by atoms with Crippen LogP contribution >= 0.6 is 11.8 Å². The van der Waals surface area contributed by atoms with Gasteiger partial charge in [-0.15, -0.1) is 11.8 Å². The second kappa shape index (κ2) is 8.31. The number of alkyl halides is 6. The van der Waals surface area contributed by atoms with Crippen LogP contribution in [0.3, 0.4) is 0 Å². The largest absolute Gasteiger partial charge is 0.417 e. The third-order valence-electron chi connectivity index (χ3n) is 4.39. The van der Waals surface area contributed by atoms with Crippen molar-refractivity contribution in [2.45, 2.75) is 50.6 Å². The first-order valence-corrected chi connectivity index (χ1v) is 9.38. The molecule has 2 atom stereocenters. The predicted octanol–water partition coefficient (Wildman–Crippen LogP) is 4.94. The van der Waals surface area contributed by atoms with Gasteiger partial charge in [-0.2, -0.15) is 31.6 Å². The van der Waals surface area contributed by atoms with Gasteiger partial charge in [0.2, 0.25) is 0 Å². The molecule has 4 nitrogen and oxygen atoms in total. The van der Waals surface area contributed by atoms with E-state index in [0.29, 0.717) is 5.75 Å². The van der Waals surface area contributed by atoms with E-state index in [1.54, 1.807) is 13.8 Å². The Morgan fingerprint density at radius 3 is 2.43 bits per heavy atom. The third kappa shape index (κ3) is 4.79. The van der Waals surface area contributed by atoms with Gasteiger partial charge in [-0.1, -0.05) is 13.8 Å². The molecule has 0 aliphatic carbocycles. The van der Waals surface area contributed by atoms with E-state index in [0.717, 1.165) is 23.9 Å². The monoisotopic (exact) mass is 424 g/mol. The number of hydrazine groups is 1. The van der Waals surface area contributed by atoms with Crippen molar-refractivity contribution in [2.75, 3.05) is 5.75 Å². The van der Waals surface area contributed by atoms with E-state index in [1.165, 1.54) is 12.1 Å².